The fourth-order valence-corrected chi connectivity index (χ4v) is 1.82. The Kier molecular flexibility index (Phi) is 5.03. The lowest BCUT2D eigenvalue weighted by Crippen LogP contribution is -2.14. The Hall–Kier alpha value is -1.17. The van der Waals surface area contributed by atoms with Gasteiger partial charge in [0.2, 0.25) is 0 Å². The van der Waals surface area contributed by atoms with Crippen molar-refractivity contribution in [2.24, 2.45) is 5.73 Å². The molecule has 0 unspecified atom stereocenters. The van der Waals surface area contributed by atoms with Crippen molar-refractivity contribution in [3.8, 4) is 0 Å². The van der Waals surface area contributed by atoms with Gasteiger partial charge >= 0.3 is 0 Å². The molecule has 6 heteroatoms. The van der Waals surface area contributed by atoms with Gasteiger partial charge in [0.15, 0.2) is 5.69 Å². The molecule has 0 aliphatic heterocycles. The Balaban J connectivity index is 2.31. The normalized spacial score (nSPS) is 10.2. The van der Waals surface area contributed by atoms with E-state index in [-0.39, 0.29) is 5.69 Å². The number of primary amides is 1. The summed E-state index contributed by atoms with van der Waals surface area (Å²) in [6.07, 6.45) is 4.74. The highest BCUT2D eigenvalue weighted by Gasteiger charge is 2.12. The zero-order valence-corrected chi connectivity index (χ0v) is 9.64. The number of carbonyl (C=O) groups is 1. The third kappa shape index (κ3) is 3.83. The molecule has 1 aromatic rings. The largest absolute Gasteiger partial charge is 0.374 e. The molecular weight excluding hydrogens is 212 g/mol. The summed E-state index contributed by atoms with van der Waals surface area (Å²) in [5.74, 6) is -0.528. The number of nitrogens with one attached hydrogen (secondary N) is 1. The lowest BCUT2D eigenvalue weighted by molar-refractivity contribution is 0.0996. The Morgan fingerprint density at radius 1 is 1.47 bits per heavy atom. The van der Waals surface area contributed by atoms with Crippen LogP contribution in [0.25, 0.3) is 0 Å². The van der Waals surface area contributed by atoms with Crippen molar-refractivity contribution in [3.05, 3.63) is 5.69 Å². The minimum absolute atomic E-state index is 0.246. The predicted octanol–water partition coefficient (Wildman–Crippen LogP) is 1.63. The molecule has 5 nitrogen and oxygen atoms in total. The molecule has 0 aliphatic carbocycles. The topological polar surface area (TPSA) is 80.9 Å². The van der Waals surface area contributed by atoms with Crippen molar-refractivity contribution in [2.75, 3.05) is 11.9 Å². The summed E-state index contributed by atoms with van der Waals surface area (Å²) in [4.78, 5) is 10.9. The van der Waals surface area contributed by atoms with Crippen LogP contribution in [0, 0.1) is 0 Å². The summed E-state index contributed by atoms with van der Waals surface area (Å²) in [6, 6.07) is 0. The summed E-state index contributed by atoms with van der Waals surface area (Å²) in [5.41, 5.74) is 5.38. The van der Waals surface area contributed by atoms with Gasteiger partial charge in [-0.15, -0.1) is 5.10 Å². The third-order valence-electron chi connectivity index (χ3n) is 2.04. The van der Waals surface area contributed by atoms with Crippen molar-refractivity contribution in [3.63, 3.8) is 0 Å². The van der Waals surface area contributed by atoms with Gasteiger partial charge in [-0.25, -0.2) is 0 Å². The van der Waals surface area contributed by atoms with E-state index in [1.807, 2.05) is 0 Å². The number of rotatable bonds is 7. The number of nitrogens with zero attached hydrogens (tertiary/aromatic N) is 2. The van der Waals surface area contributed by atoms with Crippen molar-refractivity contribution >= 4 is 22.4 Å². The summed E-state index contributed by atoms with van der Waals surface area (Å²) >= 11 is 1.17. The maximum absolute atomic E-state index is 10.9. The highest BCUT2D eigenvalue weighted by molar-refractivity contribution is 7.10. The van der Waals surface area contributed by atoms with Crippen LogP contribution in [0.5, 0.6) is 0 Å². The van der Waals surface area contributed by atoms with Crippen LogP contribution < -0.4 is 11.1 Å². The minimum atomic E-state index is -0.528. The standard InChI is InChI=1S/C9H16N4OS/c1-2-3-4-5-6-11-9-7(8(10)14)12-13-15-9/h11H,2-6H2,1H3,(H2,10,14). The lowest BCUT2D eigenvalue weighted by Gasteiger charge is -2.02. The molecule has 0 bridgehead atoms. The average molecular weight is 228 g/mol. The first kappa shape index (κ1) is 11.9. The highest BCUT2D eigenvalue weighted by Crippen LogP contribution is 2.16. The summed E-state index contributed by atoms with van der Waals surface area (Å²) in [6.45, 7) is 3.01. The second-order valence-electron chi connectivity index (χ2n) is 3.30. The van der Waals surface area contributed by atoms with Gasteiger partial charge in [-0.05, 0) is 6.42 Å². The zero-order valence-electron chi connectivity index (χ0n) is 8.82. The van der Waals surface area contributed by atoms with E-state index in [1.165, 1.54) is 30.8 Å². The second-order valence-corrected chi connectivity index (χ2v) is 4.06. The van der Waals surface area contributed by atoms with Gasteiger partial charge in [0.25, 0.3) is 5.91 Å². The number of aromatic nitrogens is 2. The number of unbranched alkanes of at least 4 members (excludes halogenated alkanes) is 3. The first-order valence-corrected chi connectivity index (χ1v) is 5.89. The molecule has 15 heavy (non-hydrogen) atoms. The minimum Gasteiger partial charge on any atom is -0.374 e. The van der Waals surface area contributed by atoms with Crippen molar-refractivity contribution < 1.29 is 4.79 Å². The van der Waals surface area contributed by atoms with Crippen LogP contribution in [-0.4, -0.2) is 22.0 Å². The molecule has 3 N–H and O–H groups in total. The SMILES string of the molecule is CCCCCCNc1snnc1C(N)=O. The van der Waals surface area contributed by atoms with Gasteiger partial charge < -0.3 is 11.1 Å². The van der Waals surface area contributed by atoms with Gasteiger partial charge in [0.05, 0.1) is 0 Å². The molecule has 84 valence electrons. The molecule has 0 radical (unpaired) electrons. The number of anilines is 1. The fourth-order valence-electron chi connectivity index (χ4n) is 1.22. The number of hydrogen-bond donors (Lipinski definition) is 2. The molecule has 0 aliphatic rings. The van der Waals surface area contributed by atoms with Crippen LogP contribution in [0.1, 0.15) is 43.1 Å². The van der Waals surface area contributed by atoms with Crippen LogP contribution in [0.4, 0.5) is 5.00 Å². The Morgan fingerprint density at radius 2 is 2.27 bits per heavy atom. The van der Waals surface area contributed by atoms with Crippen LogP contribution in [0.2, 0.25) is 0 Å². The van der Waals surface area contributed by atoms with E-state index < -0.39 is 5.91 Å². The van der Waals surface area contributed by atoms with E-state index in [1.54, 1.807) is 0 Å². The van der Waals surface area contributed by atoms with Gasteiger partial charge in [-0.2, -0.15) is 0 Å². The number of carbonyl (C=O) groups excluding carboxylic acids is 1. The van der Waals surface area contributed by atoms with E-state index in [0.29, 0.717) is 5.00 Å². The molecule has 0 spiro atoms. The van der Waals surface area contributed by atoms with Crippen LogP contribution in [0.3, 0.4) is 0 Å². The second kappa shape index (κ2) is 6.34. The quantitative estimate of drug-likeness (QED) is 0.695. The number of amides is 1. The van der Waals surface area contributed by atoms with Gasteiger partial charge in [-0.1, -0.05) is 30.7 Å². The third-order valence-corrected chi connectivity index (χ3v) is 2.72. The van der Waals surface area contributed by atoms with Gasteiger partial charge in [-0.3, -0.25) is 4.79 Å². The number of hydrogen-bond acceptors (Lipinski definition) is 5. The highest BCUT2D eigenvalue weighted by atomic mass is 32.1. The average Bonchev–Trinajstić information content (AvgIpc) is 2.66. The number of nitrogens with two attached hydrogens (primary N) is 1. The Bertz CT molecular complexity index is 313. The molecule has 1 heterocycles. The van der Waals surface area contributed by atoms with Crippen LogP contribution in [-0.2, 0) is 0 Å². The van der Waals surface area contributed by atoms with Crippen LogP contribution >= 0.6 is 11.5 Å². The molecule has 0 saturated heterocycles. The monoisotopic (exact) mass is 228 g/mol. The first-order valence-electron chi connectivity index (χ1n) is 5.11. The lowest BCUT2D eigenvalue weighted by atomic mass is 10.2. The predicted molar refractivity (Wildman–Crippen MR) is 61.1 cm³/mol. The fraction of sp³-hybridized carbons (Fsp3) is 0.667. The van der Waals surface area contributed by atoms with E-state index in [0.717, 1.165) is 13.0 Å². The first-order chi connectivity index (χ1) is 7.25. The van der Waals surface area contributed by atoms with E-state index >= 15 is 0 Å². The van der Waals surface area contributed by atoms with Crippen molar-refractivity contribution in [1.29, 1.82) is 0 Å². The maximum Gasteiger partial charge on any atom is 0.272 e. The van der Waals surface area contributed by atoms with Gasteiger partial charge in [0, 0.05) is 18.1 Å². The molecule has 0 atom stereocenters. The van der Waals surface area contributed by atoms with E-state index in [9.17, 15) is 4.79 Å². The smallest absolute Gasteiger partial charge is 0.272 e. The van der Waals surface area contributed by atoms with Gasteiger partial charge in [0.1, 0.15) is 5.00 Å². The molecule has 1 aromatic heterocycles. The molecule has 1 amide bonds. The van der Waals surface area contributed by atoms with E-state index in [4.69, 9.17) is 5.73 Å². The molecule has 0 aromatic carbocycles. The van der Waals surface area contributed by atoms with Crippen LogP contribution in [0.15, 0.2) is 0 Å². The van der Waals surface area contributed by atoms with Crippen molar-refractivity contribution in [1.82, 2.24) is 9.59 Å². The summed E-state index contributed by atoms with van der Waals surface area (Å²) < 4.78 is 3.69. The molecule has 0 saturated carbocycles. The molecule has 1 rings (SSSR count). The molecular formula is C9H16N4OS. The maximum atomic E-state index is 10.9. The zero-order chi connectivity index (χ0) is 11.1. The Labute approximate surface area is 93.2 Å². The summed E-state index contributed by atoms with van der Waals surface area (Å²) in [5, 5.41) is 7.47. The molecule has 0 fully saturated rings. The van der Waals surface area contributed by atoms with Crippen molar-refractivity contribution in [2.45, 2.75) is 32.6 Å². The summed E-state index contributed by atoms with van der Waals surface area (Å²) in [7, 11) is 0. The van der Waals surface area contributed by atoms with E-state index in [2.05, 4.69) is 21.8 Å². The Morgan fingerprint density at radius 3 is 2.93 bits per heavy atom.